The summed E-state index contributed by atoms with van der Waals surface area (Å²) in [5.41, 5.74) is 0.580. The van der Waals surface area contributed by atoms with Crippen LogP contribution in [0.3, 0.4) is 0 Å². The van der Waals surface area contributed by atoms with Crippen LogP contribution in [0.1, 0.15) is 0 Å². The number of H-pyrrole nitrogens is 1. The Bertz CT molecular complexity index is 1330. The first-order chi connectivity index (χ1) is 14.1. The minimum Gasteiger partial charge on any atom is -0.486 e. The fourth-order valence-corrected chi connectivity index (χ4v) is 5.29. The van der Waals surface area contributed by atoms with Crippen LogP contribution in [-0.2, 0) is 9.84 Å². The molecule has 1 aliphatic rings. The maximum atomic E-state index is 13.6. The Kier molecular flexibility index (Phi) is 4.18. The molecule has 8 heteroatoms. The molecule has 4 aromatic rings. The van der Waals surface area contributed by atoms with Gasteiger partial charge in [-0.25, -0.2) is 8.42 Å². The number of aromatic nitrogens is 2. The number of ether oxygens (including phenoxy) is 2. The molecule has 7 nitrogen and oxygen atoms in total. The molecule has 0 fully saturated rings. The Labute approximate surface area is 167 Å². The minimum atomic E-state index is -3.91. The molecule has 2 N–H and O–H groups in total. The van der Waals surface area contributed by atoms with E-state index in [-0.39, 0.29) is 16.0 Å². The molecule has 0 aliphatic carbocycles. The van der Waals surface area contributed by atoms with Crippen molar-refractivity contribution in [2.75, 3.05) is 20.2 Å². The molecule has 0 saturated heterocycles. The summed E-state index contributed by atoms with van der Waals surface area (Å²) in [6.07, 6.45) is -0.221. The Balaban J connectivity index is 1.73. The molecule has 3 aromatic carbocycles. The topological polar surface area (TPSA) is 93.3 Å². The first-order valence-electron chi connectivity index (χ1n) is 9.27. The third-order valence-electron chi connectivity index (χ3n) is 5.05. The Morgan fingerprint density at radius 1 is 1.14 bits per heavy atom. The van der Waals surface area contributed by atoms with E-state index in [4.69, 9.17) is 9.47 Å². The molecule has 1 atom stereocenters. The lowest BCUT2D eigenvalue weighted by Gasteiger charge is -2.27. The van der Waals surface area contributed by atoms with E-state index in [1.807, 2.05) is 31.3 Å². The molecule has 1 aromatic heterocycles. The molecule has 0 spiro atoms. The van der Waals surface area contributed by atoms with Gasteiger partial charge >= 0.3 is 0 Å². The number of rotatable bonds is 4. The van der Waals surface area contributed by atoms with Crippen molar-refractivity contribution < 1.29 is 17.9 Å². The quantitative estimate of drug-likeness (QED) is 0.538. The molecule has 0 unspecified atom stereocenters. The molecule has 148 valence electrons. The summed E-state index contributed by atoms with van der Waals surface area (Å²) in [6, 6.07) is 16.1. The first-order valence-corrected chi connectivity index (χ1v) is 10.8. The summed E-state index contributed by atoms with van der Waals surface area (Å²) in [4.78, 5) is 0.213. The van der Waals surface area contributed by atoms with Gasteiger partial charge in [0.2, 0.25) is 9.84 Å². The van der Waals surface area contributed by atoms with Crippen molar-refractivity contribution in [3.63, 3.8) is 0 Å². The normalized spacial score (nSPS) is 16.4. The second-order valence-corrected chi connectivity index (χ2v) is 8.77. The Morgan fingerprint density at radius 2 is 1.97 bits per heavy atom. The van der Waals surface area contributed by atoms with Gasteiger partial charge in [-0.3, -0.25) is 5.10 Å². The second-order valence-electron chi connectivity index (χ2n) is 6.93. The minimum absolute atomic E-state index is 0.0607. The molecule has 0 radical (unpaired) electrons. The van der Waals surface area contributed by atoms with E-state index >= 15 is 0 Å². The van der Waals surface area contributed by atoms with Gasteiger partial charge in [0.25, 0.3) is 0 Å². The molecule has 0 bridgehead atoms. The molecule has 0 saturated carbocycles. The highest BCUT2D eigenvalue weighted by molar-refractivity contribution is 7.91. The number of hydrogen-bond donors (Lipinski definition) is 2. The summed E-state index contributed by atoms with van der Waals surface area (Å²) in [5.74, 6) is 0.919. The van der Waals surface area contributed by atoms with Crippen LogP contribution in [0.2, 0.25) is 0 Å². The van der Waals surface area contributed by atoms with E-state index in [0.717, 1.165) is 5.39 Å². The summed E-state index contributed by atoms with van der Waals surface area (Å²) >= 11 is 0. The van der Waals surface area contributed by atoms with Gasteiger partial charge in [0.05, 0.1) is 15.8 Å². The Hall–Kier alpha value is -3.10. The van der Waals surface area contributed by atoms with Crippen molar-refractivity contribution in [1.82, 2.24) is 15.5 Å². The molecular formula is C21H19N3O4S. The number of fused-ring (bicyclic) bond motifs is 4. The maximum absolute atomic E-state index is 13.6. The lowest BCUT2D eigenvalue weighted by atomic mass is 10.1. The van der Waals surface area contributed by atoms with Crippen LogP contribution in [0.25, 0.3) is 21.7 Å². The number of hydrogen-bond acceptors (Lipinski definition) is 6. The van der Waals surface area contributed by atoms with Gasteiger partial charge in [0.15, 0.2) is 16.5 Å². The molecule has 0 amide bonds. The zero-order chi connectivity index (χ0) is 20.0. The van der Waals surface area contributed by atoms with E-state index in [1.54, 1.807) is 30.3 Å². The zero-order valence-corrected chi connectivity index (χ0v) is 16.5. The van der Waals surface area contributed by atoms with Gasteiger partial charge < -0.3 is 14.8 Å². The number of nitrogens with one attached hydrogen (secondary N) is 2. The van der Waals surface area contributed by atoms with Gasteiger partial charge in [0.1, 0.15) is 12.7 Å². The summed E-state index contributed by atoms with van der Waals surface area (Å²) in [5, 5.41) is 11.9. The van der Waals surface area contributed by atoms with Gasteiger partial charge in [-0.1, -0.05) is 36.4 Å². The molecule has 2 heterocycles. The smallest absolute Gasteiger partial charge is 0.227 e. The van der Waals surface area contributed by atoms with E-state index in [1.165, 1.54) is 0 Å². The SMILES string of the molecule is CNC[C@H]1COc2ccc3[nH]nc(S(=O)(=O)c4cccc5ccccc45)c3c2O1. The number of benzene rings is 3. The van der Waals surface area contributed by atoms with Gasteiger partial charge in [-0.05, 0) is 30.6 Å². The molecule has 5 rings (SSSR count). The van der Waals surface area contributed by atoms with Crippen LogP contribution in [0.15, 0.2) is 64.5 Å². The van der Waals surface area contributed by atoms with Crippen LogP contribution in [0.4, 0.5) is 0 Å². The predicted octanol–water partition coefficient (Wildman–Crippen LogP) is 2.91. The van der Waals surface area contributed by atoms with Crippen molar-refractivity contribution in [1.29, 1.82) is 0 Å². The van der Waals surface area contributed by atoms with Crippen molar-refractivity contribution in [2.45, 2.75) is 16.0 Å². The summed E-state index contributed by atoms with van der Waals surface area (Å²) in [7, 11) is -2.08. The lowest BCUT2D eigenvalue weighted by molar-refractivity contribution is 0.0938. The highest BCUT2D eigenvalue weighted by Gasteiger charge is 2.31. The van der Waals surface area contributed by atoms with Gasteiger partial charge in [-0.2, -0.15) is 5.10 Å². The highest BCUT2D eigenvalue weighted by Crippen LogP contribution is 2.42. The summed E-state index contributed by atoms with van der Waals surface area (Å²) in [6.45, 7) is 0.974. The predicted molar refractivity (Wildman–Crippen MR) is 109 cm³/mol. The number of likely N-dealkylation sites (N-methyl/N-ethyl adjacent to an activating group) is 1. The zero-order valence-electron chi connectivity index (χ0n) is 15.7. The average molecular weight is 409 g/mol. The third-order valence-corrected chi connectivity index (χ3v) is 6.79. The fourth-order valence-electron chi connectivity index (χ4n) is 3.71. The van der Waals surface area contributed by atoms with Crippen molar-refractivity contribution in [3.8, 4) is 11.5 Å². The van der Waals surface area contributed by atoms with Crippen LogP contribution in [0.5, 0.6) is 11.5 Å². The van der Waals surface area contributed by atoms with Crippen LogP contribution in [-0.4, -0.2) is 44.9 Å². The number of nitrogens with zero attached hydrogens (tertiary/aromatic N) is 1. The maximum Gasteiger partial charge on any atom is 0.227 e. The molecule has 29 heavy (non-hydrogen) atoms. The number of sulfone groups is 1. The number of aromatic amines is 1. The van der Waals surface area contributed by atoms with Crippen molar-refractivity contribution in [2.24, 2.45) is 0 Å². The standard InChI is InChI=1S/C21H19N3O4S/c1-22-11-14-12-27-17-10-9-16-19(20(17)28-14)21(24-23-16)29(25,26)18-8-4-6-13-5-2-3-7-15(13)18/h2-10,14,22H,11-12H2,1H3,(H,23,24)/t14-/m0/s1. The molecule has 1 aliphatic heterocycles. The first kappa shape index (κ1) is 18.0. The van der Waals surface area contributed by atoms with Crippen molar-refractivity contribution in [3.05, 3.63) is 54.6 Å². The van der Waals surface area contributed by atoms with E-state index in [9.17, 15) is 8.42 Å². The van der Waals surface area contributed by atoms with Crippen LogP contribution in [0, 0.1) is 0 Å². The van der Waals surface area contributed by atoms with E-state index < -0.39 is 9.84 Å². The highest BCUT2D eigenvalue weighted by atomic mass is 32.2. The van der Waals surface area contributed by atoms with Crippen LogP contribution < -0.4 is 14.8 Å². The third kappa shape index (κ3) is 2.83. The molecular weight excluding hydrogens is 390 g/mol. The average Bonchev–Trinajstić information content (AvgIpc) is 3.19. The second kappa shape index (κ2) is 6.75. The Morgan fingerprint density at radius 3 is 2.83 bits per heavy atom. The van der Waals surface area contributed by atoms with Crippen molar-refractivity contribution >= 4 is 31.5 Å². The van der Waals surface area contributed by atoms with Gasteiger partial charge in [-0.15, -0.1) is 0 Å². The monoisotopic (exact) mass is 409 g/mol. The van der Waals surface area contributed by atoms with E-state index in [2.05, 4.69) is 15.5 Å². The largest absolute Gasteiger partial charge is 0.486 e. The lowest BCUT2D eigenvalue weighted by Crippen LogP contribution is -2.37. The summed E-state index contributed by atoms with van der Waals surface area (Å²) < 4.78 is 39.1. The van der Waals surface area contributed by atoms with Gasteiger partial charge in [0, 0.05) is 11.9 Å². The fraction of sp³-hybridized carbons (Fsp3) is 0.190. The van der Waals surface area contributed by atoms with Crippen LogP contribution >= 0.6 is 0 Å². The van der Waals surface area contributed by atoms with E-state index in [0.29, 0.717) is 40.9 Å².